The van der Waals surface area contributed by atoms with Crippen LogP contribution in [0, 0.1) is 22.5 Å². The van der Waals surface area contributed by atoms with E-state index < -0.39 is 4.92 Å². The summed E-state index contributed by atoms with van der Waals surface area (Å²) < 4.78 is 5.32. The van der Waals surface area contributed by atoms with Gasteiger partial charge in [-0.3, -0.25) is 19.9 Å². The van der Waals surface area contributed by atoms with Crippen LogP contribution in [0.25, 0.3) is 0 Å². The monoisotopic (exact) mass is 322 g/mol. The third-order valence-electron chi connectivity index (χ3n) is 4.27. The number of methoxy groups -OCH3 is 1. The van der Waals surface area contributed by atoms with Crippen LogP contribution >= 0.6 is 0 Å². The number of carbonyl (C=O) groups excluding carboxylic acids is 1. The number of aryl methyl sites for hydroxylation is 1. The first kappa shape index (κ1) is 17.3. The molecule has 1 amide bonds. The highest BCUT2D eigenvalue weighted by molar-refractivity contribution is 5.95. The van der Waals surface area contributed by atoms with Crippen molar-refractivity contribution in [3.8, 4) is 0 Å². The summed E-state index contributed by atoms with van der Waals surface area (Å²) >= 11 is 0. The van der Waals surface area contributed by atoms with Gasteiger partial charge in [-0.25, -0.2) is 0 Å². The number of aromatic nitrogens is 1. The van der Waals surface area contributed by atoms with E-state index >= 15 is 0 Å². The lowest BCUT2D eigenvalue weighted by Crippen LogP contribution is -2.47. The van der Waals surface area contributed by atoms with Gasteiger partial charge in [0.05, 0.1) is 22.8 Å². The van der Waals surface area contributed by atoms with Crippen molar-refractivity contribution in [3.05, 3.63) is 33.6 Å². The third-order valence-corrected chi connectivity index (χ3v) is 4.27. The van der Waals surface area contributed by atoms with E-state index in [9.17, 15) is 14.9 Å². The number of nitrogens with one attached hydrogen (secondary N) is 2. The summed E-state index contributed by atoms with van der Waals surface area (Å²) in [5.41, 5.74) is 0.423. The molecule has 0 atom stereocenters. The lowest BCUT2D eigenvalue weighted by atomic mass is 9.79. The zero-order valence-corrected chi connectivity index (χ0v) is 13.4. The van der Waals surface area contributed by atoms with Gasteiger partial charge in [0.2, 0.25) is 0 Å². The molecular formula is C15H22N4O4. The Morgan fingerprint density at radius 2 is 2.22 bits per heavy atom. The number of rotatable bonds is 6. The van der Waals surface area contributed by atoms with Gasteiger partial charge < -0.3 is 15.4 Å². The van der Waals surface area contributed by atoms with E-state index in [0.717, 1.165) is 32.1 Å². The van der Waals surface area contributed by atoms with Crippen molar-refractivity contribution in [2.24, 2.45) is 5.41 Å². The first-order chi connectivity index (χ1) is 11.0. The molecule has 0 bridgehead atoms. The Morgan fingerprint density at radius 1 is 1.52 bits per heavy atom. The third kappa shape index (κ3) is 4.23. The molecule has 1 aromatic rings. The van der Waals surface area contributed by atoms with Crippen molar-refractivity contribution in [1.82, 2.24) is 15.6 Å². The van der Waals surface area contributed by atoms with Gasteiger partial charge in [-0.15, -0.1) is 0 Å². The van der Waals surface area contributed by atoms with Crippen molar-refractivity contribution >= 4 is 11.6 Å². The SMILES string of the molecule is COCC1(CNC(=O)c2cc([N+](=O)[O-])cnc2C)CCNCC1. The second kappa shape index (κ2) is 7.47. The number of nitro groups is 1. The van der Waals surface area contributed by atoms with E-state index in [-0.39, 0.29) is 22.6 Å². The van der Waals surface area contributed by atoms with E-state index in [1.807, 2.05) is 0 Å². The maximum Gasteiger partial charge on any atom is 0.288 e. The van der Waals surface area contributed by atoms with Gasteiger partial charge in [-0.2, -0.15) is 0 Å². The van der Waals surface area contributed by atoms with Gasteiger partial charge in [0.25, 0.3) is 11.6 Å². The van der Waals surface area contributed by atoms with E-state index in [1.54, 1.807) is 14.0 Å². The molecule has 0 aliphatic carbocycles. The molecule has 8 nitrogen and oxygen atoms in total. The molecule has 1 aromatic heterocycles. The number of nitrogens with zero attached hydrogens (tertiary/aromatic N) is 2. The molecule has 1 saturated heterocycles. The Hall–Kier alpha value is -2.06. The minimum atomic E-state index is -0.553. The average Bonchev–Trinajstić information content (AvgIpc) is 2.54. The fourth-order valence-corrected chi connectivity index (χ4v) is 2.85. The van der Waals surface area contributed by atoms with Crippen LogP contribution < -0.4 is 10.6 Å². The predicted octanol–water partition coefficient (Wildman–Crippen LogP) is 1.04. The largest absolute Gasteiger partial charge is 0.384 e. The highest BCUT2D eigenvalue weighted by Gasteiger charge is 2.32. The van der Waals surface area contributed by atoms with Crippen LogP contribution in [0.5, 0.6) is 0 Å². The Kier molecular flexibility index (Phi) is 5.62. The van der Waals surface area contributed by atoms with Crippen molar-refractivity contribution in [2.45, 2.75) is 19.8 Å². The van der Waals surface area contributed by atoms with Gasteiger partial charge in [0.1, 0.15) is 6.20 Å². The number of pyridine rings is 1. The Bertz CT molecular complexity index is 579. The molecule has 2 heterocycles. The highest BCUT2D eigenvalue weighted by Crippen LogP contribution is 2.28. The van der Waals surface area contributed by atoms with Crippen molar-refractivity contribution in [3.63, 3.8) is 0 Å². The fourth-order valence-electron chi connectivity index (χ4n) is 2.85. The summed E-state index contributed by atoms with van der Waals surface area (Å²) in [4.78, 5) is 26.6. The van der Waals surface area contributed by atoms with E-state index in [4.69, 9.17) is 4.74 Å². The summed E-state index contributed by atoms with van der Waals surface area (Å²) in [7, 11) is 1.65. The van der Waals surface area contributed by atoms with Gasteiger partial charge in [-0.1, -0.05) is 0 Å². The zero-order chi connectivity index (χ0) is 16.9. The van der Waals surface area contributed by atoms with Gasteiger partial charge in [0.15, 0.2) is 0 Å². The van der Waals surface area contributed by atoms with Crippen molar-refractivity contribution in [1.29, 1.82) is 0 Å². The second-order valence-electron chi connectivity index (χ2n) is 5.95. The quantitative estimate of drug-likeness (QED) is 0.599. The standard InChI is InChI=1S/C15H22N4O4/c1-11-13(7-12(8-17-11)19(21)22)14(20)18-9-15(10-23-2)3-5-16-6-4-15/h7-8,16H,3-6,9-10H2,1-2H3,(H,18,20). The molecule has 0 unspecified atom stereocenters. The number of amides is 1. The molecular weight excluding hydrogens is 300 g/mol. The molecule has 0 saturated carbocycles. The number of hydrogen-bond donors (Lipinski definition) is 2. The van der Waals surface area contributed by atoms with Crippen LogP contribution in [0.15, 0.2) is 12.3 Å². The Balaban J connectivity index is 2.09. The lowest BCUT2D eigenvalue weighted by Gasteiger charge is -2.37. The minimum Gasteiger partial charge on any atom is -0.384 e. The molecule has 1 aliphatic heterocycles. The van der Waals surface area contributed by atoms with Crippen molar-refractivity contribution in [2.75, 3.05) is 33.4 Å². The number of hydrogen-bond acceptors (Lipinski definition) is 6. The Labute approximate surface area is 134 Å². The number of ether oxygens (including phenoxy) is 1. The molecule has 126 valence electrons. The maximum atomic E-state index is 12.4. The molecule has 1 fully saturated rings. The number of carbonyl (C=O) groups is 1. The van der Waals surface area contributed by atoms with E-state index in [2.05, 4.69) is 15.6 Å². The summed E-state index contributed by atoms with van der Waals surface area (Å²) in [6, 6.07) is 1.27. The summed E-state index contributed by atoms with van der Waals surface area (Å²) in [6.45, 7) is 4.48. The van der Waals surface area contributed by atoms with Crippen LogP contribution in [0.2, 0.25) is 0 Å². The minimum absolute atomic E-state index is 0.0995. The summed E-state index contributed by atoms with van der Waals surface area (Å²) in [6.07, 6.45) is 2.98. The normalized spacial score (nSPS) is 16.8. The zero-order valence-electron chi connectivity index (χ0n) is 13.4. The molecule has 0 spiro atoms. The lowest BCUT2D eigenvalue weighted by molar-refractivity contribution is -0.385. The van der Waals surface area contributed by atoms with Gasteiger partial charge >= 0.3 is 0 Å². The van der Waals surface area contributed by atoms with E-state index in [1.165, 1.54) is 6.07 Å². The summed E-state index contributed by atoms with van der Waals surface area (Å²) in [5, 5.41) is 17.0. The first-order valence-corrected chi connectivity index (χ1v) is 7.56. The predicted molar refractivity (Wildman–Crippen MR) is 84.4 cm³/mol. The molecule has 2 rings (SSSR count). The number of piperidine rings is 1. The van der Waals surface area contributed by atoms with Gasteiger partial charge in [0, 0.05) is 25.1 Å². The summed E-state index contributed by atoms with van der Waals surface area (Å²) in [5.74, 6) is -0.340. The smallest absolute Gasteiger partial charge is 0.288 e. The topological polar surface area (TPSA) is 106 Å². The molecule has 23 heavy (non-hydrogen) atoms. The van der Waals surface area contributed by atoms with Crippen LogP contribution in [-0.4, -0.2) is 49.2 Å². The fraction of sp³-hybridized carbons (Fsp3) is 0.600. The van der Waals surface area contributed by atoms with Crippen LogP contribution in [-0.2, 0) is 4.74 Å². The van der Waals surface area contributed by atoms with E-state index in [0.29, 0.717) is 18.8 Å². The molecule has 1 aliphatic rings. The molecule has 0 aromatic carbocycles. The van der Waals surface area contributed by atoms with Gasteiger partial charge in [-0.05, 0) is 32.9 Å². The average molecular weight is 322 g/mol. The highest BCUT2D eigenvalue weighted by atomic mass is 16.6. The Morgan fingerprint density at radius 3 is 2.83 bits per heavy atom. The maximum absolute atomic E-state index is 12.4. The first-order valence-electron chi connectivity index (χ1n) is 7.56. The second-order valence-corrected chi connectivity index (χ2v) is 5.95. The van der Waals surface area contributed by atoms with Crippen LogP contribution in [0.4, 0.5) is 5.69 Å². The molecule has 0 radical (unpaired) electrons. The molecule has 2 N–H and O–H groups in total. The van der Waals surface area contributed by atoms with Crippen molar-refractivity contribution < 1.29 is 14.5 Å². The van der Waals surface area contributed by atoms with Crippen LogP contribution in [0.3, 0.4) is 0 Å². The van der Waals surface area contributed by atoms with Crippen LogP contribution in [0.1, 0.15) is 28.9 Å². The molecule has 8 heteroatoms.